The predicted molar refractivity (Wildman–Crippen MR) is 42.2 cm³/mol. The molecule has 1 radical (unpaired) electrons. The van der Waals surface area contributed by atoms with Gasteiger partial charge in [-0.1, -0.05) is 6.92 Å². The maximum atomic E-state index is 11.1. The van der Waals surface area contributed by atoms with Crippen LogP contribution in [-0.4, -0.2) is 31.4 Å². The fourth-order valence-corrected chi connectivity index (χ4v) is 1.93. The van der Waals surface area contributed by atoms with Crippen molar-refractivity contribution in [3.05, 3.63) is 0 Å². The van der Waals surface area contributed by atoms with Crippen molar-refractivity contribution in [3.63, 3.8) is 0 Å². The minimum absolute atomic E-state index is 0.01000. The van der Waals surface area contributed by atoms with E-state index in [4.69, 9.17) is 0 Å². The van der Waals surface area contributed by atoms with Gasteiger partial charge in [-0.15, -0.1) is 0 Å². The molecule has 0 aromatic rings. The van der Waals surface area contributed by atoms with E-state index in [1.54, 1.807) is 13.8 Å². The van der Waals surface area contributed by atoms with Crippen molar-refractivity contribution in [2.75, 3.05) is 12.3 Å². The first-order valence-corrected chi connectivity index (χ1v) is 5.07. The first kappa shape index (κ1) is 10.4. The van der Waals surface area contributed by atoms with E-state index in [1.165, 1.54) is 6.41 Å². The van der Waals surface area contributed by atoms with Crippen molar-refractivity contribution in [3.8, 4) is 0 Å². The average molecular weight is 178 g/mol. The molecule has 0 aliphatic carbocycles. The second kappa shape index (κ2) is 4.33. The van der Waals surface area contributed by atoms with Crippen LogP contribution in [0.25, 0.3) is 0 Å². The summed E-state index contributed by atoms with van der Waals surface area (Å²) in [5.74, 6) is 0.01000. The minimum Gasteiger partial charge on any atom is -0.262 e. The van der Waals surface area contributed by atoms with Gasteiger partial charge in [0.1, 0.15) is 0 Å². The second-order valence-corrected chi connectivity index (χ2v) is 4.08. The molecule has 0 unspecified atom stereocenters. The Hall–Kier alpha value is -0.580. The first-order chi connectivity index (χ1) is 5.08. The molecular weight excluding hydrogens is 166 g/mol. The summed E-state index contributed by atoms with van der Waals surface area (Å²) in [5, 5.41) is 0. The Labute approximate surface area is 67.2 Å². The molecule has 11 heavy (non-hydrogen) atoms. The molecule has 0 atom stereocenters. The van der Waals surface area contributed by atoms with Crippen LogP contribution in [0.15, 0.2) is 0 Å². The highest BCUT2D eigenvalue weighted by molar-refractivity contribution is 7.89. The second-order valence-electron chi connectivity index (χ2n) is 2.07. The van der Waals surface area contributed by atoms with E-state index in [0.29, 0.717) is 10.7 Å². The van der Waals surface area contributed by atoms with Crippen LogP contribution in [0.2, 0.25) is 0 Å². The van der Waals surface area contributed by atoms with Crippen LogP contribution in [0.4, 0.5) is 0 Å². The zero-order chi connectivity index (χ0) is 8.91. The van der Waals surface area contributed by atoms with E-state index < -0.39 is 10.0 Å². The molecule has 0 spiro atoms. The molecule has 1 amide bonds. The molecule has 0 saturated carbocycles. The van der Waals surface area contributed by atoms with Crippen molar-refractivity contribution < 1.29 is 13.2 Å². The lowest BCUT2D eigenvalue weighted by Gasteiger charge is -2.12. The summed E-state index contributed by atoms with van der Waals surface area (Å²) in [7, 11) is -3.36. The predicted octanol–water partition coefficient (Wildman–Crippen LogP) is 0.115. The monoisotopic (exact) mass is 178 g/mol. The van der Waals surface area contributed by atoms with Gasteiger partial charge in [-0.3, -0.25) is 4.79 Å². The SMILES string of the molecule is CCCS(=O)(=O)N([C]=O)CC. The lowest BCUT2D eigenvalue weighted by Crippen LogP contribution is -2.31. The summed E-state index contributed by atoms with van der Waals surface area (Å²) >= 11 is 0. The quantitative estimate of drug-likeness (QED) is 0.562. The largest absolute Gasteiger partial charge is 0.326 e. The lowest BCUT2D eigenvalue weighted by molar-refractivity contribution is 0.478. The van der Waals surface area contributed by atoms with Crippen molar-refractivity contribution in [1.82, 2.24) is 4.31 Å². The van der Waals surface area contributed by atoms with Crippen molar-refractivity contribution in [2.24, 2.45) is 0 Å². The molecule has 0 aliphatic rings. The number of carbonyl (C=O) groups excluding carboxylic acids is 1. The van der Waals surface area contributed by atoms with Gasteiger partial charge in [0.05, 0.1) is 5.75 Å². The third-order valence-corrected chi connectivity index (χ3v) is 3.12. The normalized spacial score (nSPS) is 11.1. The molecule has 0 N–H and O–H groups in total. The molecule has 0 aromatic carbocycles. The van der Waals surface area contributed by atoms with E-state index in [-0.39, 0.29) is 12.3 Å². The zero-order valence-corrected chi connectivity index (χ0v) is 7.52. The Morgan fingerprint density at radius 2 is 1.91 bits per heavy atom. The van der Waals surface area contributed by atoms with E-state index >= 15 is 0 Å². The molecule has 0 fully saturated rings. The van der Waals surface area contributed by atoms with Gasteiger partial charge in [-0.2, -0.15) is 0 Å². The summed E-state index contributed by atoms with van der Waals surface area (Å²) < 4.78 is 22.8. The van der Waals surface area contributed by atoms with Crippen LogP contribution >= 0.6 is 0 Å². The highest BCUT2D eigenvalue weighted by Gasteiger charge is 2.17. The molecule has 0 bridgehead atoms. The molecule has 65 valence electrons. The number of sulfonamides is 1. The summed E-state index contributed by atoms with van der Waals surface area (Å²) in [4.78, 5) is 10.1. The topological polar surface area (TPSA) is 54.5 Å². The number of hydrogen-bond acceptors (Lipinski definition) is 3. The Morgan fingerprint density at radius 1 is 1.36 bits per heavy atom. The van der Waals surface area contributed by atoms with Crippen LogP contribution in [0.3, 0.4) is 0 Å². The van der Waals surface area contributed by atoms with Crippen molar-refractivity contribution in [2.45, 2.75) is 20.3 Å². The zero-order valence-electron chi connectivity index (χ0n) is 6.70. The number of amides is 1. The van der Waals surface area contributed by atoms with Gasteiger partial charge in [0.25, 0.3) is 0 Å². The van der Waals surface area contributed by atoms with Crippen molar-refractivity contribution >= 4 is 16.4 Å². The summed E-state index contributed by atoms with van der Waals surface area (Å²) in [6, 6.07) is 0. The molecule has 0 heterocycles. The van der Waals surface area contributed by atoms with Gasteiger partial charge >= 0.3 is 6.41 Å². The molecule has 4 nitrogen and oxygen atoms in total. The summed E-state index contributed by atoms with van der Waals surface area (Å²) in [6.07, 6.45) is 1.89. The van der Waals surface area contributed by atoms with Gasteiger partial charge in [-0.05, 0) is 13.3 Å². The smallest absolute Gasteiger partial charge is 0.262 e. The lowest BCUT2D eigenvalue weighted by atomic mass is 10.6. The standard InChI is InChI=1S/C6H12NO3S/c1-3-5-11(9,10)7(4-2)6-8/h3-5H2,1-2H3. The maximum Gasteiger partial charge on any atom is 0.326 e. The minimum atomic E-state index is -3.36. The first-order valence-electron chi connectivity index (χ1n) is 3.46. The van der Waals surface area contributed by atoms with Gasteiger partial charge in [0, 0.05) is 6.54 Å². The number of nitrogens with zero attached hydrogens (tertiary/aromatic N) is 1. The van der Waals surface area contributed by atoms with Gasteiger partial charge in [0.15, 0.2) is 0 Å². The molecule has 0 aliphatic heterocycles. The molecule has 0 aromatic heterocycles. The third kappa shape index (κ3) is 2.88. The average Bonchev–Trinajstić information content (AvgIpc) is 1.89. The fourth-order valence-electron chi connectivity index (χ4n) is 0.686. The molecule has 0 saturated heterocycles. The van der Waals surface area contributed by atoms with Crippen LogP contribution in [0, 0.1) is 0 Å². The number of rotatable bonds is 5. The van der Waals surface area contributed by atoms with E-state index in [1.807, 2.05) is 0 Å². The van der Waals surface area contributed by atoms with Crippen LogP contribution in [0.5, 0.6) is 0 Å². The van der Waals surface area contributed by atoms with E-state index in [2.05, 4.69) is 0 Å². The Kier molecular flexibility index (Phi) is 4.10. The third-order valence-electron chi connectivity index (χ3n) is 1.19. The highest BCUT2D eigenvalue weighted by atomic mass is 32.2. The fraction of sp³-hybridized carbons (Fsp3) is 0.833. The molecule has 5 heteroatoms. The maximum absolute atomic E-state index is 11.1. The van der Waals surface area contributed by atoms with Crippen LogP contribution in [0.1, 0.15) is 20.3 Å². The Bertz CT molecular complexity index is 210. The van der Waals surface area contributed by atoms with Crippen molar-refractivity contribution in [1.29, 1.82) is 0 Å². The van der Waals surface area contributed by atoms with Crippen LogP contribution < -0.4 is 0 Å². The number of hydrogen-bond donors (Lipinski definition) is 0. The van der Waals surface area contributed by atoms with E-state index in [0.717, 1.165) is 0 Å². The van der Waals surface area contributed by atoms with Gasteiger partial charge in [0.2, 0.25) is 10.0 Å². The Balaban J connectivity index is 4.38. The molecule has 0 rings (SSSR count). The highest BCUT2D eigenvalue weighted by Crippen LogP contribution is 1.98. The van der Waals surface area contributed by atoms with Crippen LogP contribution in [-0.2, 0) is 14.8 Å². The van der Waals surface area contributed by atoms with Gasteiger partial charge < -0.3 is 0 Å². The molecular formula is C6H12NO3S. The van der Waals surface area contributed by atoms with E-state index in [9.17, 15) is 13.2 Å². The van der Waals surface area contributed by atoms with Gasteiger partial charge in [-0.25, -0.2) is 12.7 Å². The summed E-state index contributed by atoms with van der Waals surface area (Å²) in [5.41, 5.74) is 0. The Morgan fingerprint density at radius 3 is 2.18 bits per heavy atom. The summed E-state index contributed by atoms with van der Waals surface area (Å²) in [6.45, 7) is 3.50.